The van der Waals surface area contributed by atoms with Crippen LogP contribution in [0.3, 0.4) is 0 Å². The molecule has 0 aliphatic rings. The third kappa shape index (κ3) is 5.44. The van der Waals surface area contributed by atoms with E-state index in [0.717, 1.165) is 22.4 Å². The van der Waals surface area contributed by atoms with Gasteiger partial charge in [0.25, 0.3) is 0 Å². The van der Waals surface area contributed by atoms with Crippen molar-refractivity contribution in [1.82, 2.24) is 10.6 Å². The summed E-state index contributed by atoms with van der Waals surface area (Å²) < 4.78 is 5.22. The standard InChI is InChI=1S/C24H26N2O2/c1-18-11-13-21(14-12-18)24(20-8-4-3-5-9-20)26-17-23(27)25-16-19-7-6-10-22(15-19)28-2/h3-15,24,26H,16-17H2,1-2H3,(H,25,27). The average Bonchev–Trinajstić information content (AvgIpc) is 2.74. The lowest BCUT2D eigenvalue weighted by Gasteiger charge is -2.20. The van der Waals surface area contributed by atoms with Crippen LogP contribution in [0.25, 0.3) is 0 Å². The zero-order chi connectivity index (χ0) is 19.8. The molecule has 0 saturated carbocycles. The van der Waals surface area contributed by atoms with Gasteiger partial charge in [-0.2, -0.15) is 0 Å². The zero-order valence-electron chi connectivity index (χ0n) is 16.3. The normalized spacial score (nSPS) is 11.6. The minimum Gasteiger partial charge on any atom is -0.497 e. The summed E-state index contributed by atoms with van der Waals surface area (Å²) in [6.45, 7) is 2.77. The van der Waals surface area contributed by atoms with Crippen LogP contribution in [0.4, 0.5) is 0 Å². The first-order valence-electron chi connectivity index (χ1n) is 9.40. The van der Waals surface area contributed by atoms with Gasteiger partial charge >= 0.3 is 0 Å². The van der Waals surface area contributed by atoms with Crippen LogP contribution < -0.4 is 15.4 Å². The Kier molecular flexibility index (Phi) is 6.82. The summed E-state index contributed by atoms with van der Waals surface area (Å²) in [6, 6.07) is 26.2. The van der Waals surface area contributed by atoms with Crippen molar-refractivity contribution >= 4 is 5.91 Å². The van der Waals surface area contributed by atoms with Crippen LogP contribution in [0.1, 0.15) is 28.3 Å². The van der Waals surface area contributed by atoms with Crippen molar-refractivity contribution in [2.75, 3.05) is 13.7 Å². The summed E-state index contributed by atoms with van der Waals surface area (Å²) >= 11 is 0. The molecule has 144 valence electrons. The van der Waals surface area contributed by atoms with E-state index in [1.54, 1.807) is 7.11 Å². The Balaban J connectivity index is 1.62. The predicted molar refractivity (Wildman–Crippen MR) is 112 cm³/mol. The molecule has 4 heteroatoms. The monoisotopic (exact) mass is 374 g/mol. The number of amides is 1. The van der Waals surface area contributed by atoms with Gasteiger partial charge in [0.05, 0.1) is 19.7 Å². The van der Waals surface area contributed by atoms with Gasteiger partial charge in [0.2, 0.25) is 5.91 Å². The van der Waals surface area contributed by atoms with E-state index in [1.165, 1.54) is 5.56 Å². The number of rotatable bonds is 8. The molecule has 1 amide bonds. The van der Waals surface area contributed by atoms with Crippen LogP contribution in [0, 0.1) is 6.92 Å². The third-order valence-electron chi connectivity index (χ3n) is 4.63. The quantitative estimate of drug-likeness (QED) is 0.627. The molecule has 0 spiro atoms. The fourth-order valence-corrected chi connectivity index (χ4v) is 3.07. The molecule has 3 aromatic carbocycles. The largest absolute Gasteiger partial charge is 0.497 e. The molecule has 28 heavy (non-hydrogen) atoms. The lowest BCUT2D eigenvalue weighted by atomic mass is 9.98. The average molecular weight is 374 g/mol. The number of benzene rings is 3. The molecule has 0 bridgehead atoms. The Hall–Kier alpha value is -3.11. The van der Waals surface area contributed by atoms with Crippen molar-refractivity contribution in [2.24, 2.45) is 0 Å². The van der Waals surface area contributed by atoms with Crippen molar-refractivity contribution in [1.29, 1.82) is 0 Å². The van der Waals surface area contributed by atoms with Gasteiger partial charge in [-0.25, -0.2) is 0 Å². The lowest BCUT2D eigenvalue weighted by Crippen LogP contribution is -2.35. The molecule has 4 nitrogen and oxygen atoms in total. The highest BCUT2D eigenvalue weighted by Crippen LogP contribution is 2.22. The topological polar surface area (TPSA) is 50.4 Å². The Morgan fingerprint density at radius 2 is 1.64 bits per heavy atom. The molecular weight excluding hydrogens is 348 g/mol. The van der Waals surface area contributed by atoms with E-state index in [-0.39, 0.29) is 18.5 Å². The van der Waals surface area contributed by atoms with E-state index in [0.29, 0.717) is 6.54 Å². The van der Waals surface area contributed by atoms with Gasteiger partial charge < -0.3 is 10.1 Å². The minimum absolute atomic E-state index is 0.0376. The van der Waals surface area contributed by atoms with Gasteiger partial charge in [0, 0.05) is 6.54 Å². The Morgan fingerprint density at radius 1 is 0.929 bits per heavy atom. The number of aryl methyl sites for hydroxylation is 1. The summed E-state index contributed by atoms with van der Waals surface area (Å²) in [5.74, 6) is 0.740. The Labute approximate surface area is 166 Å². The van der Waals surface area contributed by atoms with Crippen LogP contribution >= 0.6 is 0 Å². The molecule has 1 atom stereocenters. The molecule has 0 aliphatic carbocycles. The van der Waals surface area contributed by atoms with E-state index in [2.05, 4.69) is 54.0 Å². The molecule has 0 saturated heterocycles. The van der Waals surface area contributed by atoms with Crippen molar-refractivity contribution in [3.05, 3.63) is 101 Å². The second-order valence-corrected chi connectivity index (χ2v) is 6.76. The van der Waals surface area contributed by atoms with Crippen molar-refractivity contribution in [3.63, 3.8) is 0 Å². The molecule has 0 radical (unpaired) electrons. The summed E-state index contributed by atoms with van der Waals surface area (Å²) in [6.07, 6.45) is 0. The lowest BCUT2D eigenvalue weighted by molar-refractivity contribution is -0.120. The van der Waals surface area contributed by atoms with Crippen LogP contribution in [0.5, 0.6) is 5.75 Å². The van der Waals surface area contributed by atoms with E-state index in [4.69, 9.17) is 4.74 Å². The first kappa shape index (κ1) is 19.6. The van der Waals surface area contributed by atoms with E-state index in [9.17, 15) is 4.79 Å². The van der Waals surface area contributed by atoms with Crippen LogP contribution in [-0.4, -0.2) is 19.6 Å². The number of nitrogens with one attached hydrogen (secondary N) is 2. The highest BCUT2D eigenvalue weighted by Gasteiger charge is 2.14. The first-order valence-corrected chi connectivity index (χ1v) is 9.40. The molecule has 3 rings (SSSR count). The van der Waals surface area contributed by atoms with Crippen LogP contribution in [0.15, 0.2) is 78.9 Å². The van der Waals surface area contributed by atoms with Gasteiger partial charge in [-0.05, 0) is 35.7 Å². The fraction of sp³-hybridized carbons (Fsp3) is 0.208. The van der Waals surface area contributed by atoms with Gasteiger partial charge in [-0.15, -0.1) is 0 Å². The number of ether oxygens (including phenoxy) is 1. The van der Waals surface area contributed by atoms with Gasteiger partial charge in [0.1, 0.15) is 5.75 Å². The SMILES string of the molecule is COc1cccc(CNC(=O)CNC(c2ccccc2)c2ccc(C)cc2)c1. The van der Waals surface area contributed by atoms with E-state index >= 15 is 0 Å². The van der Waals surface area contributed by atoms with Crippen LogP contribution in [-0.2, 0) is 11.3 Å². The van der Waals surface area contributed by atoms with Crippen molar-refractivity contribution in [2.45, 2.75) is 19.5 Å². The van der Waals surface area contributed by atoms with Gasteiger partial charge in [-0.3, -0.25) is 10.1 Å². The maximum Gasteiger partial charge on any atom is 0.234 e. The highest BCUT2D eigenvalue weighted by atomic mass is 16.5. The van der Waals surface area contributed by atoms with E-state index < -0.39 is 0 Å². The maximum atomic E-state index is 12.4. The fourth-order valence-electron chi connectivity index (χ4n) is 3.07. The number of hydrogen-bond acceptors (Lipinski definition) is 3. The molecule has 3 aromatic rings. The predicted octanol–water partition coefficient (Wildman–Crippen LogP) is 4.00. The Morgan fingerprint density at radius 3 is 2.36 bits per heavy atom. The van der Waals surface area contributed by atoms with Crippen LogP contribution in [0.2, 0.25) is 0 Å². The number of carbonyl (C=O) groups excluding carboxylic acids is 1. The second kappa shape index (κ2) is 9.72. The van der Waals surface area contributed by atoms with Crippen molar-refractivity contribution in [3.8, 4) is 5.75 Å². The van der Waals surface area contributed by atoms with Gasteiger partial charge in [-0.1, -0.05) is 72.3 Å². The number of carbonyl (C=O) groups is 1. The molecule has 0 heterocycles. The summed E-state index contributed by atoms with van der Waals surface area (Å²) in [7, 11) is 1.64. The molecular formula is C24H26N2O2. The first-order chi connectivity index (χ1) is 13.7. The molecule has 0 aliphatic heterocycles. The molecule has 2 N–H and O–H groups in total. The smallest absolute Gasteiger partial charge is 0.234 e. The molecule has 1 unspecified atom stereocenters. The summed E-state index contributed by atoms with van der Waals surface area (Å²) in [5, 5.41) is 6.35. The summed E-state index contributed by atoms with van der Waals surface area (Å²) in [4.78, 5) is 12.4. The number of methoxy groups -OCH3 is 1. The molecule has 0 aromatic heterocycles. The Bertz CT molecular complexity index is 892. The van der Waals surface area contributed by atoms with Crippen molar-refractivity contribution < 1.29 is 9.53 Å². The van der Waals surface area contributed by atoms with E-state index in [1.807, 2.05) is 42.5 Å². The minimum atomic E-state index is -0.0455. The zero-order valence-corrected chi connectivity index (χ0v) is 16.3. The highest BCUT2D eigenvalue weighted by molar-refractivity contribution is 5.78. The van der Waals surface area contributed by atoms with Gasteiger partial charge in [0.15, 0.2) is 0 Å². The maximum absolute atomic E-state index is 12.4. The third-order valence-corrected chi connectivity index (χ3v) is 4.63. The molecule has 0 fully saturated rings. The number of hydrogen-bond donors (Lipinski definition) is 2. The summed E-state index contributed by atoms with van der Waals surface area (Å²) in [5.41, 5.74) is 4.49. The second-order valence-electron chi connectivity index (χ2n) is 6.76.